The number of aliphatic hydroxyl groups is 1. The number of aliphatic hydroxyl groups excluding tert-OH is 1. The second-order valence-corrected chi connectivity index (χ2v) is 6.16. The molecule has 164 valence electrons. The predicted molar refractivity (Wildman–Crippen MR) is 96.4 cm³/mol. The number of nitrogens with one attached hydrogen (secondary N) is 3. The number of carboxylic acids is 1. The summed E-state index contributed by atoms with van der Waals surface area (Å²) in [6.45, 7) is 0.450. The number of carbonyl (C=O) groups excluding carboxylic acids is 5. The van der Waals surface area contributed by atoms with Crippen molar-refractivity contribution >= 4 is 35.5 Å². The van der Waals surface area contributed by atoms with Gasteiger partial charge in [-0.3, -0.25) is 28.8 Å². The quantitative estimate of drug-likeness (QED) is 0.142. The number of carbonyl (C=O) groups is 6. The van der Waals surface area contributed by atoms with Gasteiger partial charge in [0, 0.05) is 6.42 Å². The summed E-state index contributed by atoms with van der Waals surface area (Å²) in [5.74, 6) is -5.98. The summed E-state index contributed by atoms with van der Waals surface area (Å²) in [7, 11) is 0. The molecule has 0 aliphatic rings. The summed E-state index contributed by atoms with van der Waals surface area (Å²) in [5.41, 5.74) is 15.4. The number of carboxylic acid groups (broad SMARTS) is 1. The molecule has 14 heteroatoms. The lowest BCUT2D eigenvalue weighted by Crippen LogP contribution is -2.57. The number of hydrogen-bond donors (Lipinski definition) is 8. The zero-order chi connectivity index (χ0) is 22.7. The van der Waals surface area contributed by atoms with Gasteiger partial charge in [0.15, 0.2) is 0 Å². The van der Waals surface area contributed by atoms with Gasteiger partial charge in [-0.25, -0.2) is 0 Å². The number of nitrogens with two attached hydrogens (primary N) is 3. The molecule has 0 fully saturated rings. The van der Waals surface area contributed by atoms with Crippen molar-refractivity contribution in [3.8, 4) is 0 Å². The van der Waals surface area contributed by atoms with Crippen molar-refractivity contribution in [2.24, 2.45) is 17.2 Å². The van der Waals surface area contributed by atoms with E-state index in [-0.39, 0.29) is 12.8 Å². The van der Waals surface area contributed by atoms with Crippen molar-refractivity contribution in [1.82, 2.24) is 16.0 Å². The summed E-state index contributed by atoms with van der Waals surface area (Å²) in [5, 5.41) is 24.2. The summed E-state index contributed by atoms with van der Waals surface area (Å²) in [4.78, 5) is 69.6. The Kier molecular flexibility index (Phi) is 10.9. The van der Waals surface area contributed by atoms with E-state index in [2.05, 4.69) is 16.0 Å². The maximum Gasteiger partial charge on any atom is 0.325 e. The number of hydrogen-bond acceptors (Lipinski definition) is 8. The molecular formula is C15H26N6O8. The summed E-state index contributed by atoms with van der Waals surface area (Å²) < 4.78 is 0. The van der Waals surface area contributed by atoms with Gasteiger partial charge >= 0.3 is 5.97 Å². The molecule has 0 radical (unpaired) electrons. The maximum absolute atomic E-state index is 12.5. The van der Waals surface area contributed by atoms with E-state index < -0.39 is 72.7 Å². The molecule has 4 atom stereocenters. The Bertz CT molecular complexity index is 655. The SMILES string of the molecule is CC(NC(=O)C(CC(N)=O)NC(=O)C(CCC(N)=O)NC(=O)C(N)CO)C(=O)O. The van der Waals surface area contributed by atoms with Gasteiger partial charge in [0.05, 0.1) is 13.0 Å². The molecule has 0 heterocycles. The first-order chi connectivity index (χ1) is 13.4. The van der Waals surface area contributed by atoms with E-state index in [0.717, 1.165) is 6.92 Å². The van der Waals surface area contributed by atoms with E-state index in [0.29, 0.717) is 0 Å². The molecule has 0 spiro atoms. The van der Waals surface area contributed by atoms with Gasteiger partial charge in [0.1, 0.15) is 24.2 Å². The number of amides is 5. The Morgan fingerprint density at radius 2 is 1.38 bits per heavy atom. The molecule has 11 N–H and O–H groups in total. The first-order valence-corrected chi connectivity index (χ1v) is 8.46. The predicted octanol–water partition coefficient (Wildman–Crippen LogP) is -4.99. The van der Waals surface area contributed by atoms with Crippen LogP contribution in [0.1, 0.15) is 26.2 Å². The Morgan fingerprint density at radius 3 is 1.83 bits per heavy atom. The molecule has 0 aliphatic carbocycles. The van der Waals surface area contributed by atoms with Crippen LogP contribution in [0.3, 0.4) is 0 Å². The van der Waals surface area contributed by atoms with Crippen LogP contribution in [-0.4, -0.2) is 76.5 Å². The van der Waals surface area contributed by atoms with Gasteiger partial charge in [0.25, 0.3) is 0 Å². The van der Waals surface area contributed by atoms with Gasteiger partial charge in [-0.15, -0.1) is 0 Å². The van der Waals surface area contributed by atoms with E-state index in [1.165, 1.54) is 0 Å². The number of aliphatic carboxylic acids is 1. The Morgan fingerprint density at radius 1 is 0.862 bits per heavy atom. The number of primary amides is 2. The van der Waals surface area contributed by atoms with Crippen LogP contribution >= 0.6 is 0 Å². The third-order valence-electron chi connectivity index (χ3n) is 3.61. The largest absolute Gasteiger partial charge is 0.480 e. The maximum atomic E-state index is 12.5. The minimum Gasteiger partial charge on any atom is -0.480 e. The first kappa shape index (κ1) is 25.7. The van der Waals surface area contributed by atoms with Crippen molar-refractivity contribution in [1.29, 1.82) is 0 Å². The van der Waals surface area contributed by atoms with Gasteiger partial charge in [0.2, 0.25) is 29.5 Å². The topological polar surface area (TPSA) is 257 Å². The number of rotatable bonds is 13. The molecule has 0 bridgehead atoms. The van der Waals surface area contributed by atoms with E-state index in [1.807, 2.05) is 0 Å². The summed E-state index contributed by atoms with van der Waals surface area (Å²) in [6, 6.07) is -5.59. The van der Waals surface area contributed by atoms with Crippen LogP contribution in [0.15, 0.2) is 0 Å². The Labute approximate surface area is 165 Å². The van der Waals surface area contributed by atoms with E-state index in [9.17, 15) is 28.8 Å². The van der Waals surface area contributed by atoms with Gasteiger partial charge < -0.3 is 43.4 Å². The standard InChI is InChI=1S/C15H26N6O8/c1-6(15(28)29)19-14(27)9(4-11(18)24)21-13(26)8(2-3-10(17)23)20-12(25)7(16)5-22/h6-9,22H,2-5,16H2,1H3,(H2,17,23)(H2,18,24)(H,19,27)(H,20,25)(H,21,26)(H,28,29). The van der Waals surface area contributed by atoms with Crippen LogP contribution in [0.4, 0.5) is 0 Å². The first-order valence-electron chi connectivity index (χ1n) is 8.46. The van der Waals surface area contributed by atoms with E-state index >= 15 is 0 Å². The molecule has 0 rings (SSSR count). The fourth-order valence-corrected chi connectivity index (χ4v) is 1.98. The summed E-state index contributed by atoms with van der Waals surface area (Å²) in [6.07, 6.45) is -1.23. The monoisotopic (exact) mass is 418 g/mol. The fourth-order valence-electron chi connectivity index (χ4n) is 1.98. The molecule has 4 unspecified atom stereocenters. The highest BCUT2D eigenvalue weighted by Crippen LogP contribution is 2.02. The third-order valence-corrected chi connectivity index (χ3v) is 3.61. The molecule has 0 aliphatic heterocycles. The fraction of sp³-hybridized carbons (Fsp3) is 0.600. The van der Waals surface area contributed by atoms with Crippen LogP contribution in [0, 0.1) is 0 Å². The van der Waals surface area contributed by atoms with Crippen molar-refractivity contribution in [3.63, 3.8) is 0 Å². The lowest BCUT2D eigenvalue weighted by atomic mass is 10.1. The van der Waals surface area contributed by atoms with Crippen molar-refractivity contribution in [2.75, 3.05) is 6.61 Å². The normalized spacial score (nSPS) is 14.6. The Hall–Kier alpha value is -3.26. The average Bonchev–Trinajstić information content (AvgIpc) is 2.62. The van der Waals surface area contributed by atoms with Gasteiger partial charge in [-0.2, -0.15) is 0 Å². The van der Waals surface area contributed by atoms with Gasteiger partial charge in [-0.1, -0.05) is 0 Å². The summed E-state index contributed by atoms with van der Waals surface area (Å²) >= 11 is 0. The molecule has 14 nitrogen and oxygen atoms in total. The van der Waals surface area contributed by atoms with Crippen LogP contribution < -0.4 is 33.2 Å². The smallest absolute Gasteiger partial charge is 0.325 e. The molecule has 29 heavy (non-hydrogen) atoms. The van der Waals surface area contributed by atoms with Crippen molar-refractivity contribution < 1.29 is 39.0 Å². The van der Waals surface area contributed by atoms with Crippen LogP contribution in [0.2, 0.25) is 0 Å². The highest BCUT2D eigenvalue weighted by Gasteiger charge is 2.30. The lowest BCUT2D eigenvalue weighted by Gasteiger charge is -2.23. The van der Waals surface area contributed by atoms with E-state index in [4.69, 9.17) is 27.4 Å². The zero-order valence-corrected chi connectivity index (χ0v) is 15.7. The molecule has 0 saturated heterocycles. The highest BCUT2D eigenvalue weighted by atomic mass is 16.4. The second kappa shape index (κ2) is 12.2. The second-order valence-electron chi connectivity index (χ2n) is 6.16. The third kappa shape index (κ3) is 10.0. The van der Waals surface area contributed by atoms with Crippen LogP contribution in [0.5, 0.6) is 0 Å². The molecular weight excluding hydrogens is 392 g/mol. The van der Waals surface area contributed by atoms with Crippen LogP contribution in [0.25, 0.3) is 0 Å². The molecule has 0 aromatic heterocycles. The molecule has 0 aromatic rings. The average molecular weight is 418 g/mol. The van der Waals surface area contributed by atoms with Crippen molar-refractivity contribution in [3.05, 3.63) is 0 Å². The highest BCUT2D eigenvalue weighted by molar-refractivity contribution is 5.96. The molecule has 5 amide bonds. The van der Waals surface area contributed by atoms with Crippen LogP contribution in [-0.2, 0) is 28.8 Å². The van der Waals surface area contributed by atoms with Gasteiger partial charge in [-0.05, 0) is 13.3 Å². The lowest BCUT2D eigenvalue weighted by molar-refractivity contribution is -0.142. The molecule has 0 saturated carbocycles. The minimum atomic E-state index is -1.54. The van der Waals surface area contributed by atoms with E-state index in [1.54, 1.807) is 0 Å². The zero-order valence-electron chi connectivity index (χ0n) is 15.7. The van der Waals surface area contributed by atoms with Crippen molar-refractivity contribution in [2.45, 2.75) is 50.4 Å². The Balaban J connectivity index is 5.37. The minimum absolute atomic E-state index is 0.262. The molecule has 0 aromatic carbocycles.